The van der Waals surface area contributed by atoms with E-state index in [1.54, 1.807) is 31.3 Å². The van der Waals surface area contributed by atoms with Crippen molar-refractivity contribution in [2.24, 2.45) is 5.84 Å². The average Bonchev–Trinajstić information content (AvgIpc) is 2.65. The van der Waals surface area contributed by atoms with Gasteiger partial charge in [-0.05, 0) is 36.3 Å². The van der Waals surface area contributed by atoms with Crippen molar-refractivity contribution >= 4 is 18.0 Å². The van der Waals surface area contributed by atoms with Gasteiger partial charge in [-0.1, -0.05) is 19.9 Å². The number of carbonyl (C=O) groups is 1. The number of halogens is 1. The fourth-order valence-electron chi connectivity index (χ4n) is 3.19. The summed E-state index contributed by atoms with van der Waals surface area (Å²) < 4.78 is 18.7. The van der Waals surface area contributed by atoms with Crippen LogP contribution < -0.4 is 10.9 Å². The minimum atomic E-state index is -0.725. The number of carbonyl (C=O) groups excluding carboxylic acids is 1. The van der Waals surface area contributed by atoms with Crippen LogP contribution in [0.3, 0.4) is 0 Å². The van der Waals surface area contributed by atoms with E-state index in [4.69, 9.17) is 10.6 Å². The smallest absolute Gasteiger partial charge is 0.309 e. The second-order valence-corrected chi connectivity index (χ2v) is 7.42. The molecule has 7 nitrogen and oxygen atoms in total. The SMILES string of the molecule is CC(C)c1nc(N(C)N)nc(-c2ccc(F)cc2)c1/C=C/[C@@H]1C[C@@H](O)CC(=O)O1. The van der Waals surface area contributed by atoms with Gasteiger partial charge in [0.1, 0.15) is 11.9 Å². The van der Waals surface area contributed by atoms with Crippen LogP contribution in [0.4, 0.5) is 10.3 Å². The molecule has 0 spiro atoms. The number of benzene rings is 1. The summed E-state index contributed by atoms with van der Waals surface area (Å²) in [6, 6.07) is 6.02. The Bertz CT molecular complexity index is 913. The molecule has 0 aliphatic carbocycles. The number of hydrogen-bond acceptors (Lipinski definition) is 7. The number of aliphatic hydroxyl groups excluding tert-OH is 1. The molecule has 2 heterocycles. The van der Waals surface area contributed by atoms with Gasteiger partial charge >= 0.3 is 5.97 Å². The highest BCUT2D eigenvalue weighted by Gasteiger charge is 2.26. The number of nitrogens with two attached hydrogens (primary N) is 1. The molecule has 1 aromatic carbocycles. The zero-order chi connectivity index (χ0) is 21.1. The Morgan fingerprint density at radius 1 is 1.31 bits per heavy atom. The Morgan fingerprint density at radius 3 is 2.59 bits per heavy atom. The molecule has 1 aliphatic heterocycles. The van der Waals surface area contributed by atoms with Gasteiger partial charge in [-0.2, -0.15) is 0 Å². The number of hydrogen-bond donors (Lipinski definition) is 2. The fourth-order valence-corrected chi connectivity index (χ4v) is 3.19. The molecule has 29 heavy (non-hydrogen) atoms. The van der Waals surface area contributed by atoms with Crippen molar-refractivity contribution in [3.63, 3.8) is 0 Å². The van der Waals surface area contributed by atoms with E-state index in [-0.39, 0.29) is 18.2 Å². The van der Waals surface area contributed by atoms with E-state index in [0.717, 1.165) is 11.3 Å². The lowest BCUT2D eigenvalue weighted by atomic mass is 9.97. The number of aliphatic hydroxyl groups is 1. The molecule has 2 aromatic rings. The van der Waals surface area contributed by atoms with E-state index in [9.17, 15) is 14.3 Å². The molecule has 0 amide bonds. The number of anilines is 1. The summed E-state index contributed by atoms with van der Waals surface area (Å²) in [6.45, 7) is 4.00. The monoisotopic (exact) mass is 400 g/mol. The first-order valence-corrected chi connectivity index (χ1v) is 9.46. The van der Waals surface area contributed by atoms with Crippen LogP contribution in [0, 0.1) is 5.82 Å². The minimum absolute atomic E-state index is 0.00303. The van der Waals surface area contributed by atoms with Crippen molar-refractivity contribution in [3.05, 3.63) is 47.4 Å². The lowest BCUT2D eigenvalue weighted by molar-refractivity contribution is -0.156. The highest BCUT2D eigenvalue weighted by atomic mass is 19.1. The van der Waals surface area contributed by atoms with Crippen LogP contribution in [0.5, 0.6) is 0 Å². The number of rotatable bonds is 5. The summed E-state index contributed by atoms with van der Waals surface area (Å²) in [5, 5.41) is 11.2. The number of nitrogens with zero attached hydrogens (tertiary/aromatic N) is 3. The predicted octanol–water partition coefficient (Wildman–Crippen LogP) is 2.80. The summed E-state index contributed by atoms with van der Waals surface area (Å²) >= 11 is 0. The maximum Gasteiger partial charge on any atom is 0.309 e. The van der Waals surface area contributed by atoms with Gasteiger partial charge in [0.05, 0.1) is 23.9 Å². The number of hydrazine groups is 1. The molecular formula is C21H25FN4O3. The number of esters is 1. The fraction of sp³-hybridized carbons (Fsp3) is 0.381. The molecule has 8 heteroatoms. The highest BCUT2D eigenvalue weighted by molar-refractivity contribution is 5.75. The zero-order valence-corrected chi connectivity index (χ0v) is 16.7. The van der Waals surface area contributed by atoms with Crippen LogP contribution in [0.1, 0.15) is 43.9 Å². The summed E-state index contributed by atoms with van der Waals surface area (Å²) in [4.78, 5) is 20.8. The molecular weight excluding hydrogens is 375 g/mol. The summed E-state index contributed by atoms with van der Waals surface area (Å²) in [7, 11) is 1.65. The first-order chi connectivity index (χ1) is 13.7. The largest absolute Gasteiger partial charge is 0.458 e. The normalized spacial score (nSPS) is 19.6. The lowest BCUT2D eigenvalue weighted by Crippen LogP contribution is -2.31. The van der Waals surface area contributed by atoms with Gasteiger partial charge < -0.3 is 9.84 Å². The number of aromatic nitrogens is 2. The van der Waals surface area contributed by atoms with Crippen molar-refractivity contribution in [2.45, 2.75) is 44.8 Å². The maximum absolute atomic E-state index is 13.4. The Balaban J connectivity index is 2.10. The van der Waals surface area contributed by atoms with Gasteiger partial charge in [-0.15, -0.1) is 0 Å². The molecule has 1 aliphatic rings. The zero-order valence-electron chi connectivity index (χ0n) is 16.7. The second kappa shape index (κ2) is 8.67. The van der Waals surface area contributed by atoms with Gasteiger partial charge in [-0.25, -0.2) is 20.2 Å². The Labute approximate surface area is 169 Å². The minimum Gasteiger partial charge on any atom is -0.458 e. The topological polar surface area (TPSA) is 102 Å². The predicted molar refractivity (Wildman–Crippen MR) is 108 cm³/mol. The standard InChI is InChI=1S/C21H25FN4O3/c1-12(2)19-17(9-8-16-10-15(27)11-18(28)29-16)20(25-21(24-19)26(3)23)13-4-6-14(22)7-5-13/h4-9,12,15-16,27H,10-11,23H2,1-3H3/b9-8+/t15-,16-/m1/s1. The molecule has 0 unspecified atom stereocenters. The van der Waals surface area contributed by atoms with E-state index in [1.807, 2.05) is 13.8 Å². The number of cyclic esters (lactones) is 1. The van der Waals surface area contributed by atoms with Crippen LogP contribution in [0.25, 0.3) is 17.3 Å². The van der Waals surface area contributed by atoms with Crippen molar-refractivity contribution in [2.75, 3.05) is 12.1 Å². The van der Waals surface area contributed by atoms with Crippen LogP contribution >= 0.6 is 0 Å². The van der Waals surface area contributed by atoms with E-state index in [0.29, 0.717) is 23.6 Å². The molecule has 2 atom stereocenters. The third-order valence-electron chi connectivity index (χ3n) is 4.61. The molecule has 1 saturated heterocycles. The van der Waals surface area contributed by atoms with Gasteiger partial charge in [0.15, 0.2) is 0 Å². The maximum atomic E-state index is 13.4. The van der Waals surface area contributed by atoms with Crippen molar-refractivity contribution in [3.8, 4) is 11.3 Å². The molecule has 0 radical (unpaired) electrons. The Morgan fingerprint density at radius 2 is 2.00 bits per heavy atom. The molecule has 154 valence electrons. The number of ether oxygens (including phenoxy) is 1. The molecule has 0 saturated carbocycles. The summed E-state index contributed by atoms with van der Waals surface area (Å²) in [6.07, 6.45) is 2.59. The Kier molecular flexibility index (Phi) is 6.24. The van der Waals surface area contributed by atoms with E-state index < -0.39 is 18.2 Å². The van der Waals surface area contributed by atoms with E-state index in [2.05, 4.69) is 9.97 Å². The molecule has 0 bridgehead atoms. The third kappa shape index (κ3) is 4.96. The van der Waals surface area contributed by atoms with Crippen LogP contribution in [0.15, 0.2) is 30.3 Å². The third-order valence-corrected chi connectivity index (χ3v) is 4.61. The van der Waals surface area contributed by atoms with E-state index in [1.165, 1.54) is 17.1 Å². The highest BCUT2D eigenvalue weighted by Crippen LogP contribution is 2.31. The second-order valence-electron chi connectivity index (χ2n) is 7.42. The van der Waals surface area contributed by atoms with Gasteiger partial charge in [0.25, 0.3) is 0 Å². The molecule has 3 N–H and O–H groups in total. The summed E-state index contributed by atoms with van der Waals surface area (Å²) in [5.74, 6) is 5.48. The molecule has 1 aromatic heterocycles. The first-order valence-electron chi connectivity index (χ1n) is 9.46. The van der Waals surface area contributed by atoms with Gasteiger partial charge in [0, 0.05) is 24.6 Å². The first kappa shape index (κ1) is 20.9. The van der Waals surface area contributed by atoms with Crippen LogP contribution in [0.2, 0.25) is 0 Å². The van der Waals surface area contributed by atoms with Gasteiger partial charge in [-0.3, -0.25) is 9.80 Å². The quantitative estimate of drug-likeness (QED) is 0.452. The summed E-state index contributed by atoms with van der Waals surface area (Å²) in [5.41, 5.74) is 2.79. The van der Waals surface area contributed by atoms with E-state index >= 15 is 0 Å². The Hall–Kier alpha value is -2.84. The lowest BCUT2D eigenvalue weighted by Gasteiger charge is -2.24. The van der Waals surface area contributed by atoms with Crippen molar-refractivity contribution in [1.29, 1.82) is 0 Å². The van der Waals surface area contributed by atoms with Crippen LogP contribution in [-0.4, -0.2) is 40.3 Å². The van der Waals surface area contributed by atoms with Crippen molar-refractivity contribution in [1.82, 2.24) is 9.97 Å². The molecule has 3 rings (SSSR count). The van der Waals surface area contributed by atoms with Gasteiger partial charge in [0.2, 0.25) is 5.95 Å². The van der Waals surface area contributed by atoms with Crippen LogP contribution in [-0.2, 0) is 9.53 Å². The van der Waals surface area contributed by atoms with Crippen molar-refractivity contribution < 1.29 is 19.0 Å². The molecule has 1 fully saturated rings. The average molecular weight is 400 g/mol.